The zero-order chi connectivity index (χ0) is 17.0. The molecule has 2 aromatic carbocycles. The highest BCUT2D eigenvalue weighted by Crippen LogP contribution is 2.40. The topological polar surface area (TPSA) is 86.6 Å². The number of fused-ring (bicyclic) bond motifs is 1. The standard InChI is InChI=1S/C15H11ClFNO2.CH2O2/c16-13-5-8(17)1-3-10(13)12-7-15(20)18-14-6-9(19)2-4-11(12)14;2-1-3/h1-6,12,19H,7H2,(H,18,20);1H,(H,2,3). The summed E-state index contributed by atoms with van der Waals surface area (Å²) in [5.41, 5.74) is 2.12. The molecule has 1 atom stereocenters. The van der Waals surface area contributed by atoms with Crippen molar-refractivity contribution in [1.29, 1.82) is 0 Å². The van der Waals surface area contributed by atoms with Gasteiger partial charge < -0.3 is 15.5 Å². The van der Waals surface area contributed by atoms with Crippen molar-refractivity contribution in [2.24, 2.45) is 0 Å². The summed E-state index contributed by atoms with van der Waals surface area (Å²) in [6.45, 7) is -0.250. The summed E-state index contributed by atoms with van der Waals surface area (Å²) in [5.74, 6) is -0.735. The molecule has 7 heteroatoms. The third-order valence-corrected chi connectivity index (χ3v) is 3.74. The van der Waals surface area contributed by atoms with E-state index in [2.05, 4.69) is 5.32 Å². The van der Waals surface area contributed by atoms with Crippen LogP contribution in [-0.4, -0.2) is 22.6 Å². The number of halogens is 2. The third-order valence-electron chi connectivity index (χ3n) is 3.41. The van der Waals surface area contributed by atoms with Gasteiger partial charge in [-0.3, -0.25) is 9.59 Å². The second-order valence-electron chi connectivity index (χ2n) is 4.85. The maximum atomic E-state index is 13.1. The fourth-order valence-corrected chi connectivity index (χ4v) is 2.81. The van der Waals surface area contributed by atoms with Crippen molar-refractivity contribution in [3.8, 4) is 5.75 Å². The number of nitrogens with one attached hydrogen (secondary N) is 1. The highest BCUT2D eigenvalue weighted by molar-refractivity contribution is 6.31. The molecule has 0 saturated heterocycles. The Bertz CT molecular complexity index is 751. The quantitative estimate of drug-likeness (QED) is 0.696. The number of anilines is 1. The van der Waals surface area contributed by atoms with Crippen LogP contribution >= 0.6 is 11.6 Å². The van der Waals surface area contributed by atoms with Crippen molar-refractivity contribution in [2.75, 3.05) is 5.32 Å². The lowest BCUT2D eigenvalue weighted by Gasteiger charge is -2.26. The maximum Gasteiger partial charge on any atom is 0.290 e. The minimum atomic E-state index is -0.412. The van der Waals surface area contributed by atoms with E-state index < -0.39 is 5.82 Å². The molecular formula is C16H13ClFNO4. The molecule has 0 radical (unpaired) electrons. The Morgan fingerprint density at radius 1 is 1.22 bits per heavy atom. The number of rotatable bonds is 1. The van der Waals surface area contributed by atoms with Crippen molar-refractivity contribution in [3.63, 3.8) is 0 Å². The van der Waals surface area contributed by atoms with Crippen molar-refractivity contribution < 1.29 is 24.2 Å². The van der Waals surface area contributed by atoms with Crippen LogP contribution in [-0.2, 0) is 9.59 Å². The molecule has 0 saturated carbocycles. The second kappa shape index (κ2) is 7.11. The minimum Gasteiger partial charge on any atom is -0.508 e. The molecule has 2 aromatic rings. The van der Waals surface area contributed by atoms with E-state index in [1.807, 2.05) is 0 Å². The molecule has 3 rings (SSSR count). The number of phenolic OH excluding ortho intramolecular Hbond substituents is 1. The first kappa shape index (κ1) is 16.8. The summed E-state index contributed by atoms with van der Waals surface area (Å²) in [6, 6.07) is 8.96. The predicted octanol–water partition coefficient (Wildman–Crippen LogP) is 3.36. The van der Waals surface area contributed by atoms with Gasteiger partial charge in [0.15, 0.2) is 0 Å². The molecule has 5 nitrogen and oxygen atoms in total. The highest BCUT2D eigenvalue weighted by atomic mass is 35.5. The lowest BCUT2D eigenvalue weighted by atomic mass is 9.84. The van der Waals surface area contributed by atoms with Gasteiger partial charge in [-0.05, 0) is 29.3 Å². The number of carbonyl (C=O) groups is 2. The van der Waals surface area contributed by atoms with Crippen LogP contribution in [0.4, 0.5) is 10.1 Å². The number of hydrogen-bond donors (Lipinski definition) is 3. The first-order valence-electron chi connectivity index (χ1n) is 6.61. The Hall–Kier alpha value is -2.60. The second-order valence-corrected chi connectivity index (χ2v) is 5.25. The number of phenols is 1. The fourth-order valence-electron chi connectivity index (χ4n) is 2.51. The SMILES string of the molecule is O=C1CC(c2ccc(F)cc2Cl)c2ccc(O)cc2N1.O=CO. The molecule has 23 heavy (non-hydrogen) atoms. The largest absolute Gasteiger partial charge is 0.508 e. The number of carbonyl (C=O) groups excluding carboxylic acids is 1. The van der Waals surface area contributed by atoms with Gasteiger partial charge in [0, 0.05) is 29.1 Å². The predicted molar refractivity (Wildman–Crippen MR) is 83.3 cm³/mol. The molecule has 1 aliphatic rings. The Morgan fingerprint density at radius 2 is 1.87 bits per heavy atom. The fraction of sp³-hybridized carbons (Fsp3) is 0.125. The number of amides is 1. The lowest BCUT2D eigenvalue weighted by Crippen LogP contribution is -2.23. The van der Waals surface area contributed by atoms with Gasteiger partial charge in [-0.15, -0.1) is 0 Å². The molecule has 3 N–H and O–H groups in total. The average Bonchev–Trinajstić information content (AvgIpc) is 2.47. The smallest absolute Gasteiger partial charge is 0.290 e. The van der Waals surface area contributed by atoms with Gasteiger partial charge in [-0.25, -0.2) is 4.39 Å². The van der Waals surface area contributed by atoms with Crippen LogP contribution in [0.1, 0.15) is 23.5 Å². The van der Waals surface area contributed by atoms with E-state index in [9.17, 15) is 14.3 Å². The van der Waals surface area contributed by atoms with Gasteiger partial charge >= 0.3 is 0 Å². The summed E-state index contributed by atoms with van der Waals surface area (Å²) < 4.78 is 13.1. The van der Waals surface area contributed by atoms with E-state index in [0.717, 1.165) is 5.56 Å². The Kier molecular flexibility index (Phi) is 5.18. The monoisotopic (exact) mass is 337 g/mol. The molecule has 0 spiro atoms. The van der Waals surface area contributed by atoms with Crippen molar-refractivity contribution >= 4 is 29.7 Å². The van der Waals surface area contributed by atoms with Crippen LogP contribution in [0.5, 0.6) is 5.75 Å². The van der Waals surface area contributed by atoms with Crippen LogP contribution in [0.25, 0.3) is 0 Å². The van der Waals surface area contributed by atoms with Crippen LogP contribution in [0.2, 0.25) is 5.02 Å². The summed E-state index contributed by atoms with van der Waals surface area (Å²) in [4.78, 5) is 20.2. The van der Waals surface area contributed by atoms with E-state index in [0.29, 0.717) is 16.3 Å². The van der Waals surface area contributed by atoms with Crippen LogP contribution < -0.4 is 5.32 Å². The van der Waals surface area contributed by atoms with E-state index in [4.69, 9.17) is 21.5 Å². The molecule has 1 amide bonds. The van der Waals surface area contributed by atoms with E-state index in [1.165, 1.54) is 18.2 Å². The van der Waals surface area contributed by atoms with Crippen LogP contribution in [0.3, 0.4) is 0 Å². The maximum absolute atomic E-state index is 13.1. The number of hydrogen-bond acceptors (Lipinski definition) is 3. The normalized spacial score (nSPS) is 15.7. The number of benzene rings is 2. The number of aromatic hydroxyl groups is 1. The van der Waals surface area contributed by atoms with Gasteiger partial charge in [-0.2, -0.15) is 0 Å². The molecule has 120 valence electrons. The van der Waals surface area contributed by atoms with Gasteiger partial charge in [-0.1, -0.05) is 23.7 Å². The molecule has 0 aliphatic carbocycles. The molecule has 1 heterocycles. The summed E-state index contributed by atoms with van der Waals surface area (Å²) in [7, 11) is 0. The molecule has 1 unspecified atom stereocenters. The van der Waals surface area contributed by atoms with Crippen LogP contribution in [0, 0.1) is 5.82 Å². The van der Waals surface area contributed by atoms with Gasteiger partial charge in [0.25, 0.3) is 6.47 Å². The Morgan fingerprint density at radius 3 is 2.52 bits per heavy atom. The first-order chi connectivity index (χ1) is 11.0. The number of carboxylic acid groups (broad SMARTS) is 1. The summed E-state index contributed by atoms with van der Waals surface area (Å²) in [5, 5.41) is 19.4. The summed E-state index contributed by atoms with van der Waals surface area (Å²) in [6.07, 6.45) is 0.239. The van der Waals surface area contributed by atoms with Crippen molar-refractivity contribution in [2.45, 2.75) is 12.3 Å². The zero-order valence-electron chi connectivity index (χ0n) is 11.8. The first-order valence-corrected chi connectivity index (χ1v) is 6.99. The van der Waals surface area contributed by atoms with Gasteiger partial charge in [0.1, 0.15) is 11.6 Å². The minimum absolute atomic E-state index is 0.0786. The van der Waals surface area contributed by atoms with Crippen molar-refractivity contribution in [3.05, 3.63) is 58.4 Å². The molecule has 0 bridgehead atoms. The van der Waals surface area contributed by atoms with E-state index in [-0.39, 0.29) is 30.5 Å². The molecule has 0 aromatic heterocycles. The van der Waals surface area contributed by atoms with Crippen LogP contribution in [0.15, 0.2) is 36.4 Å². The zero-order valence-corrected chi connectivity index (χ0v) is 12.5. The Labute approximate surface area is 136 Å². The molecule has 1 aliphatic heterocycles. The highest BCUT2D eigenvalue weighted by Gasteiger charge is 2.28. The average molecular weight is 338 g/mol. The molecular weight excluding hydrogens is 325 g/mol. The molecule has 0 fully saturated rings. The summed E-state index contributed by atoms with van der Waals surface area (Å²) >= 11 is 6.09. The lowest BCUT2D eigenvalue weighted by molar-refractivity contribution is -0.123. The third kappa shape index (κ3) is 3.78. The van der Waals surface area contributed by atoms with E-state index >= 15 is 0 Å². The Balaban J connectivity index is 0.000000595. The van der Waals surface area contributed by atoms with Gasteiger partial charge in [0.2, 0.25) is 5.91 Å². The van der Waals surface area contributed by atoms with E-state index in [1.54, 1.807) is 18.2 Å². The van der Waals surface area contributed by atoms with Crippen molar-refractivity contribution in [1.82, 2.24) is 0 Å². The van der Waals surface area contributed by atoms with Gasteiger partial charge in [0.05, 0.1) is 0 Å².